The molecule has 0 aromatic carbocycles. The van der Waals surface area contributed by atoms with Crippen LogP contribution in [0.2, 0.25) is 5.02 Å². The fraction of sp³-hybridized carbons (Fsp3) is 0.500. The van der Waals surface area contributed by atoms with Crippen molar-refractivity contribution in [3.05, 3.63) is 23.4 Å². The number of halogens is 1. The SMILES string of the molecule is C[C@@H](C(=O)N1CCOCC1)N1CCC(NS(=O)(=O)c2cc3cc(Cl)cnc3s2)C1=O. The number of rotatable bonds is 5. The molecule has 4 rings (SSSR count). The van der Waals surface area contributed by atoms with Crippen LogP contribution in [0, 0.1) is 0 Å². The molecular formula is C18H21ClN4O5S2. The van der Waals surface area contributed by atoms with E-state index >= 15 is 0 Å². The lowest BCUT2D eigenvalue weighted by atomic mass is 10.2. The van der Waals surface area contributed by atoms with Crippen molar-refractivity contribution in [3.8, 4) is 0 Å². The van der Waals surface area contributed by atoms with Gasteiger partial charge >= 0.3 is 0 Å². The van der Waals surface area contributed by atoms with Crippen LogP contribution in [0.4, 0.5) is 0 Å². The number of fused-ring (bicyclic) bond motifs is 1. The number of carbonyl (C=O) groups excluding carboxylic acids is 2. The van der Waals surface area contributed by atoms with Gasteiger partial charge in [-0.2, -0.15) is 4.72 Å². The lowest BCUT2D eigenvalue weighted by Gasteiger charge is -2.32. The number of hydrogen-bond donors (Lipinski definition) is 1. The van der Waals surface area contributed by atoms with Crippen molar-refractivity contribution >= 4 is 55.0 Å². The Morgan fingerprint density at radius 3 is 2.80 bits per heavy atom. The average molecular weight is 473 g/mol. The summed E-state index contributed by atoms with van der Waals surface area (Å²) in [7, 11) is -3.92. The first kappa shape index (κ1) is 21.4. The zero-order valence-corrected chi connectivity index (χ0v) is 18.6. The lowest BCUT2D eigenvalue weighted by molar-refractivity contribution is -0.146. The van der Waals surface area contributed by atoms with E-state index in [1.54, 1.807) is 17.9 Å². The summed E-state index contributed by atoms with van der Waals surface area (Å²) >= 11 is 6.93. The molecule has 2 saturated heterocycles. The van der Waals surface area contributed by atoms with E-state index in [0.717, 1.165) is 11.3 Å². The normalized spacial score (nSPS) is 21.4. The minimum Gasteiger partial charge on any atom is -0.378 e. The summed E-state index contributed by atoms with van der Waals surface area (Å²) in [5.41, 5.74) is 0. The second kappa shape index (κ2) is 8.39. The molecule has 0 radical (unpaired) electrons. The molecule has 0 saturated carbocycles. The number of carbonyl (C=O) groups is 2. The topological polar surface area (TPSA) is 109 Å². The van der Waals surface area contributed by atoms with E-state index < -0.39 is 28.0 Å². The van der Waals surface area contributed by atoms with Gasteiger partial charge < -0.3 is 14.5 Å². The average Bonchev–Trinajstić information content (AvgIpc) is 3.31. The standard InChI is InChI=1S/C18H21ClN4O5S2/c1-11(17(24)22-4-6-28-7-5-22)23-3-2-14(18(23)25)21-30(26,27)15-9-12-8-13(19)10-20-16(12)29-15/h8-11,14,21H,2-7H2,1H3/t11-,14?/m0/s1. The molecule has 2 aromatic rings. The molecule has 2 amide bonds. The largest absolute Gasteiger partial charge is 0.378 e. The van der Waals surface area contributed by atoms with Gasteiger partial charge in [0.2, 0.25) is 11.8 Å². The maximum atomic E-state index is 12.8. The number of pyridine rings is 1. The molecule has 2 aliphatic rings. The summed E-state index contributed by atoms with van der Waals surface area (Å²) in [5, 5.41) is 1.04. The second-order valence-corrected chi connectivity index (χ2v) is 10.6. The molecule has 12 heteroatoms. The number of aromatic nitrogens is 1. The second-order valence-electron chi connectivity index (χ2n) is 7.22. The predicted octanol–water partition coefficient (Wildman–Crippen LogP) is 1.08. The minimum absolute atomic E-state index is 0.0657. The first-order valence-corrected chi connectivity index (χ1v) is 12.2. The Hall–Kier alpha value is -1.79. The number of nitrogens with zero attached hydrogens (tertiary/aromatic N) is 3. The van der Waals surface area contributed by atoms with E-state index in [9.17, 15) is 18.0 Å². The van der Waals surface area contributed by atoms with Crippen LogP contribution in [0.5, 0.6) is 0 Å². The number of nitrogens with one attached hydrogen (secondary N) is 1. The van der Waals surface area contributed by atoms with E-state index in [2.05, 4.69) is 9.71 Å². The first-order valence-electron chi connectivity index (χ1n) is 9.51. The van der Waals surface area contributed by atoms with Gasteiger partial charge in [-0.05, 0) is 25.5 Å². The summed E-state index contributed by atoms with van der Waals surface area (Å²) in [4.78, 5) is 33.3. The van der Waals surface area contributed by atoms with Crippen molar-refractivity contribution in [1.29, 1.82) is 0 Å². The highest BCUT2D eigenvalue weighted by Crippen LogP contribution is 2.29. The number of thiophene rings is 1. The van der Waals surface area contributed by atoms with Gasteiger partial charge in [0, 0.05) is 31.2 Å². The molecule has 4 heterocycles. The number of likely N-dealkylation sites (tertiary alicyclic amines) is 1. The number of hydrogen-bond acceptors (Lipinski definition) is 7. The summed E-state index contributed by atoms with van der Waals surface area (Å²) < 4.78 is 33.5. The van der Waals surface area contributed by atoms with E-state index in [1.165, 1.54) is 17.2 Å². The van der Waals surface area contributed by atoms with E-state index in [4.69, 9.17) is 16.3 Å². The van der Waals surface area contributed by atoms with Gasteiger partial charge in [0.15, 0.2) is 0 Å². The number of ether oxygens (including phenoxy) is 1. The molecule has 1 unspecified atom stereocenters. The fourth-order valence-electron chi connectivity index (χ4n) is 3.64. The molecule has 2 atom stereocenters. The van der Waals surface area contributed by atoms with Crippen LogP contribution in [0.15, 0.2) is 22.5 Å². The smallest absolute Gasteiger partial charge is 0.250 e. The highest BCUT2D eigenvalue weighted by Gasteiger charge is 2.40. The Morgan fingerprint density at radius 2 is 2.07 bits per heavy atom. The van der Waals surface area contributed by atoms with E-state index in [-0.39, 0.29) is 10.1 Å². The summed E-state index contributed by atoms with van der Waals surface area (Å²) in [6, 6.07) is 1.57. The molecule has 2 fully saturated rings. The summed E-state index contributed by atoms with van der Waals surface area (Å²) in [5.74, 6) is -0.544. The summed E-state index contributed by atoms with van der Waals surface area (Å²) in [6.45, 7) is 3.92. The fourth-order valence-corrected chi connectivity index (χ4v) is 6.33. The van der Waals surface area contributed by atoms with Gasteiger partial charge in [0.25, 0.3) is 10.0 Å². The Kier molecular flexibility index (Phi) is 5.99. The van der Waals surface area contributed by atoms with Crippen LogP contribution >= 0.6 is 22.9 Å². The Balaban J connectivity index is 1.45. The molecule has 30 heavy (non-hydrogen) atoms. The van der Waals surface area contributed by atoms with Crippen molar-refractivity contribution in [3.63, 3.8) is 0 Å². The maximum Gasteiger partial charge on any atom is 0.250 e. The molecule has 1 N–H and O–H groups in total. The van der Waals surface area contributed by atoms with Crippen LogP contribution in [0.1, 0.15) is 13.3 Å². The van der Waals surface area contributed by atoms with Crippen molar-refractivity contribution in [2.24, 2.45) is 0 Å². The molecule has 2 aliphatic heterocycles. The van der Waals surface area contributed by atoms with Gasteiger partial charge in [0.05, 0.1) is 18.2 Å². The third-order valence-corrected chi connectivity index (χ3v) is 8.48. The molecule has 162 valence electrons. The van der Waals surface area contributed by atoms with Crippen LogP contribution in [-0.4, -0.2) is 79.9 Å². The zero-order chi connectivity index (χ0) is 21.5. The predicted molar refractivity (Wildman–Crippen MR) is 112 cm³/mol. The molecule has 9 nitrogen and oxygen atoms in total. The molecule has 2 aromatic heterocycles. The molecule has 0 aliphatic carbocycles. The quantitative estimate of drug-likeness (QED) is 0.697. The van der Waals surface area contributed by atoms with Gasteiger partial charge in [-0.3, -0.25) is 9.59 Å². The number of morpholine rings is 1. The molecule has 0 bridgehead atoms. The van der Waals surface area contributed by atoms with Crippen LogP contribution in [-0.2, 0) is 24.3 Å². The third-order valence-electron chi connectivity index (χ3n) is 5.27. The number of amides is 2. The van der Waals surface area contributed by atoms with Crippen molar-refractivity contribution < 1.29 is 22.7 Å². The van der Waals surface area contributed by atoms with Crippen LogP contribution in [0.25, 0.3) is 10.2 Å². The van der Waals surface area contributed by atoms with Crippen molar-refractivity contribution in [1.82, 2.24) is 19.5 Å². The van der Waals surface area contributed by atoms with Crippen molar-refractivity contribution in [2.75, 3.05) is 32.8 Å². The third kappa shape index (κ3) is 4.17. The monoisotopic (exact) mass is 472 g/mol. The lowest BCUT2D eigenvalue weighted by Crippen LogP contribution is -2.52. The highest BCUT2D eigenvalue weighted by molar-refractivity contribution is 7.91. The Morgan fingerprint density at radius 1 is 1.33 bits per heavy atom. The highest BCUT2D eigenvalue weighted by atomic mass is 35.5. The van der Waals surface area contributed by atoms with E-state index in [1.807, 2.05) is 0 Å². The first-order chi connectivity index (χ1) is 14.3. The van der Waals surface area contributed by atoms with Crippen molar-refractivity contribution in [2.45, 2.75) is 29.6 Å². The maximum absolute atomic E-state index is 12.8. The molecule has 0 spiro atoms. The zero-order valence-electron chi connectivity index (χ0n) is 16.2. The Labute approximate surface area is 183 Å². The van der Waals surface area contributed by atoms with Gasteiger partial charge in [0.1, 0.15) is 21.1 Å². The van der Waals surface area contributed by atoms with Gasteiger partial charge in [-0.15, -0.1) is 11.3 Å². The molecular weight excluding hydrogens is 452 g/mol. The Bertz CT molecular complexity index is 1080. The van der Waals surface area contributed by atoms with Gasteiger partial charge in [-0.25, -0.2) is 13.4 Å². The van der Waals surface area contributed by atoms with E-state index in [0.29, 0.717) is 54.5 Å². The summed E-state index contributed by atoms with van der Waals surface area (Å²) in [6.07, 6.45) is 1.75. The number of sulfonamides is 1. The van der Waals surface area contributed by atoms with Gasteiger partial charge in [-0.1, -0.05) is 11.6 Å². The minimum atomic E-state index is -3.92. The van der Waals surface area contributed by atoms with Crippen LogP contribution < -0.4 is 4.72 Å². The van der Waals surface area contributed by atoms with Crippen LogP contribution in [0.3, 0.4) is 0 Å².